The third kappa shape index (κ3) is 2.07. The quantitative estimate of drug-likeness (QED) is 0.686. The van der Waals surface area contributed by atoms with Gasteiger partial charge in [-0.2, -0.15) is 0 Å². The Morgan fingerprint density at radius 3 is 1.24 bits per heavy atom. The number of rotatable bonds is 3. The average molecular weight is 332 g/mol. The molecular weight excluding hydrogens is 311 g/mol. The molecule has 3 aliphatic rings. The van der Waals surface area contributed by atoms with E-state index in [0.29, 0.717) is 0 Å². The van der Waals surface area contributed by atoms with E-state index in [2.05, 4.69) is 32.4 Å². The van der Waals surface area contributed by atoms with Gasteiger partial charge >= 0.3 is 0 Å². The van der Waals surface area contributed by atoms with Gasteiger partial charge in [-0.3, -0.25) is 0 Å². The van der Waals surface area contributed by atoms with Gasteiger partial charge in [0, 0.05) is 0 Å². The van der Waals surface area contributed by atoms with Crippen LogP contribution in [0.5, 0.6) is 0 Å². The number of aromatic nitrogens is 6. The fraction of sp³-hybridized carbons (Fsp3) is 0.500. The van der Waals surface area contributed by atoms with Crippen molar-refractivity contribution >= 4 is 7.12 Å². The predicted octanol–water partition coefficient (Wildman–Crippen LogP) is 1.67. The zero-order chi connectivity index (χ0) is 16.4. The molecule has 7 heteroatoms. The Labute approximate surface area is 147 Å². The minimum absolute atomic E-state index is 0.123. The van der Waals surface area contributed by atoms with E-state index in [-0.39, 0.29) is 7.12 Å². The number of aryl methyl sites for hydroxylation is 6. The molecule has 0 saturated carbocycles. The Morgan fingerprint density at radius 2 is 0.920 bits per heavy atom. The fourth-order valence-corrected chi connectivity index (χ4v) is 4.72. The average Bonchev–Trinajstić information content (AvgIpc) is 3.35. The maximum absolute atomic E-state index is 4.90. The van der Waals surface area contributed by atoms with Gasteiger partial charge in [-0.05, 0) is 93.1 Å². The van der Waals surface area contributed by atoms with E-state index in [1.165, 1.54) is 53.0 Å². The SMILES string of the molecule is c1c2c(nn1[B-](n1cc3c(n1)CCC3)n1cc3c(n1)CCC3)CCC2. The zero-order valence-corrected chi connectivity index (χ0v) is 14.4. The Bertz CT molecular complexity index is 776. The first-order chi connectivity index (χ1) is 12.3. The predicted molar refractivity (Wildman–Crippen MR) is 94.7 cm³/mol. The largest absolute Gasteiger partial charge is 0.424 e. The second-order valence-electron chi connectivity index (χ2n) is 7.65. The van der Waals surface area contributed by atoms with E-state index in [0.717, 1.165) is 38.5 Å². The summed E-state index contributed by atoms with van der Waals surface area (Å²) in [5, 5.41) is 14.7. The van der Waals surface area contributed by atoms with Crippen LogP contribution < -0.4 is 0 Å². The smallest absolute Gasteiger partial charge is 0.260 e. The van der Waals surface area contributed by atoms with E-state index in [1.807, 2.05) is 0 Å². The highest BCUT2D eigenvalue weighted by Gasteiger charge is 2.22. The number of fused-ring (bicyclic) bond motifs is 3. The molecule has 1 radical (unpaired) electrons. The van der Waals surface area contributed by atoms with E-state index in [9.17, 15) is 0 Å². The molecule has 3 aliphatic carbocycles. The summed E-state index contributed by atoms with van der Waals surface area (Å²) in [5.41, 5.74) is 7.94. The molecular formula is C18H21BN6-. The summed E-state index contributed by atoms with van der Waals surface area (Å²) >= 11 is 0. The maximum atomic E-state index is 4.90. The standard InChI is InChI=1S/C18H21BN6/c1-4-13-10-23(20-16(13)7-1)19(24-11-14-5-2-8-17(14)21-24)25-12-15-6-3-9-18(15)22-25/h10-12H,1-9H2/q-1. The second kappa shape index (κ2) is 5.10. The molecule has 127 valence electrons. The summed E-state index contributed by atoms with van der Waals surface area (Å²) in [6, 6.07) is 0. The van der Waals surface area contributed by atoms with E-state index in [4.69, 9.17) is 15.3 Å². The van der Waals surface area contributed by atoms with Crippen LogP contribution in [0.2, 0.25) is 0 Å². The number of hydrogen-bond acceptors (Lipinski definition) is 3. The van der Waals surface area contributed by atoms with Crippen molar-refractivity contribution in [3.63, 3.8) is 0 Å². The Balaban J connectivity index is 1.48. The number of hydrogen-bond donors (Lipinski definition) is 0. The van der Waals surface area contributed by atoms with Crippen LogP contribution in [0.4, 0.5) is 0 Å². The van der Waals surface area contributed by atoms with Gasteiger partial charge < -0.3 is 13.8 Å². The highest BCUT2D eigenvalue weighted by molar-refractivity contribution is 6.52. The summed E-state index contributed by atoms with van der Waals surface area (Å²) in [5.74, 6) is 0. The van der Waals surface area contributed by atoms with Crippen molar-refractivity contribution in [2.75, 3.05) is 0 Å². The van der Waals surface area contributed by atoms with Crippen molar-refractivity contribution in [3.8, 4) is 0 Å². The topological polar surface area (TPSA) is 53.5 Å². The van der Waals surface area contributed by atoms with Crippen LogP contribution in [-0.2, 0) is 38.5 Å². The third-order valence-electron chi connectivity index (χ3n) is 5.97. The minimum atomic E-state index is -0.123. The normalized spacial score (nSPS) is 18.1. The molecule has 25 heavy (non-hydrogen) atoms. The molecule has 6 nitrogen and oxygen atoms in total. The lowest BCUT2D eigenvalue weighted by Crippen LogP contribution is -2.43. The van der Waals surface area contributed by atoms with E-state index < -0.39 is 0 Å². The molecule has 3 aromatic heterocycles. The van der Waals surface area contributed by atoms with E-state index in [1.54, 1.807) is 0 Å². The highest BCUT2D eigenvalue weighted by Crippen LogP contribution is 2.24. The molecule has 0 amide bonds. The molecule has 0 saturated heterocycles. The molecule has 0 fully saturated rings. The van der Waals surface area contributed by atoms with Crippen molar-refractivity contribution in [2.24, 2.45) is 0 Å². The second-order valence-corrected chi connectivity index (χ2v) is 7.65. The van der Waals surface area contributed by atoms with Gasteiger partial charge in [0.2, 0.25) is 0 Å². The van der Waals surface area contributed by atoms with Crippen LogP contribution in [0.25, 0.3) is 0 Å². The summed E-state index contributed by atoms with van der Waals surface area (Å²) in [6.07, 6.45) is 17.1. The first kappa shape index (κ1) is 13.9. The molecule has 6 rings (SSSR count). The molecule has 3 heterocycles. The first-order valence-electron chi connectivity index (χ1n) is 9.56. The molecule has 0 atom stereocenters. The van der Waals surface area contributed by atoms with Crippen LogP contribution in [0, 0.1) is 0 Å². The zero-order valence-electron chi connectivity index (χ0n) is 14.4. The molecule has 0 N–H and O–H groups in total. The lowest BCUT2D eigenvalue weighted by atomic mass is 9.95. The molecule has 0 aromatic carbocycles. The summed E-state index contributed by atoms with van der Waals surface area (Å²) in [4.78, 5) is 0. The lowest BCUT2D eigenvalue weighted by Gasteiger charge is -2.30. The summed E-state index contributed by atoms with van der Waals surface area (Å²) in [7, 11) is -0.123. The van der Waals surface area contributed by atoms with Crippen LogP contribution in [0.3, 0.4) is 0 Å². The Hall–Kier alpha value is -2.31. The van der Waals surface area contributed by atoms with Crippen molar-refractivity contribution in [1.29, 1.82) is 0 Å². The molecule has 0 bridgehead atoms. The third-order valence-corrected chi connectivity index (χ3v) is 5.97. The molecule has 0 unspecified atom stereocenters. The summed E-state index contributed by atoms with van der Waals surface area (Å²) in [6.45, 7) is 0. The van der Waals surface area contributed by atoms with Gasteiger partial charge in [-0.25, -0.2) is 15.3 Å². The first-order valence-corrected chi connectivity index (χ1v) is 9.56. The van der Waals surface area contributed by atoms with Crippen LogP contribution in [0.1, 0.15) is 53.0 Å². The highest BCUT2D eigenvalue weighted by atomic mass is 15.5. The molecule has 3 aromatic rings. The number of nitrogens with zero attached hydrogens (tertiary/aromatic N) is 6. The van der Waals surface area contributed by atoms with E-state index >= 15 is 0 Å². The van der Waals surface area contributed by atoms with Gasteiger partial charge in [-0.15, -0.1) is 0 Å². The van der Waals surface area contributed by atoms with Gasteiger partial charge in [0.15, 0.2) is 0 Å². The minimum Gasteiger partial charge on any atom is -0.424 e. The van der Waals surface area contributed by atoms with Gasteiger partial charge in [-0.1, -0.05) is 0 Å². The van der Waals surface area contributed by atoms with Crippen LogP contribution in [0.15, 0.2) is 18.6 Å². The Morgan fingerprint density at radius 1 is 0.560 bits per heavy atom. The maximum Gasteiger partial charge on any atom is 0.260 e. The van der Waals surface area contributed by atoms with Crippen molar-refractivity contribution in [3.05, 3.63) is 52.4 Å². The van der Waals surface area contributed by atoms with Gasteiger partial charge in [0.1, 0.15) is 0 Å². The summed E-state index contributed by atoms with van der Waals surface area (Å²) < 4.78 is 6.23. The van der Waals surface area contributed by atoms with Crippen molar-refractivity contribution < 1.29 is 0 Å². The van der Waals surface area contributed by atoms with Crippen molar-refractivity contribution in [2.45, 2.75) is 57.8 Å². The Kier molecular flexibility index (Phi) is 2.84. The van der Waals surface area contributed by atoms with Gasteiger partial charge in [0.05, 0.1) is 17.1 Å². The van der Waals surface area contributed by atoms with Crippen molar-refractivity contribution in [1.82, 2.24) is 29.1 Å². The molecule has 0 aliphatic heterocycles. The van der Waals surface area contributed by atoms with Crippen LogP contribution in [-0.4, -0.2) is 36.2 Å². The van der Waals surface area contributed by atoms with Crippen LogP contribution >= 0.6 is 0 Å². The monoisotopic (exact) mass is 332 g/mol. The fourth-order valence-electron chi connectivity index (χ4n) is 4.72. The molecule has 0 spiro atoms. The van der Waals surface area contributed by atoms with Gasteiger partial charge in [0.25, 0.3) is 7.12 Å². The lowest BCUT2D eigenvalue weighted by molar-refractivity contribution is 0.726.